The number of aryl methyl sites for hydroxylation is 1. The van der Waals surface area contributed by atoms with Crippen LogP contribution in [-0.4, -0.2) is 17.1 Å². The third kappa shape index (κ3) is 2.66. The largest absolute Gasteiger partial charge is 0.508 e. The van der Waals surface area contributed by atoms with E-state index in [1.54, 1.807) is 0 Å². The molecular formula is C27H39NO2. The van der Waals surface area contributed by atoms with Crippen LogP contribution in [0.2, 0.25) is 0 Å². The molecule has 0 radical (unpaired) electrons. The molecule has 1 amide bonds. The highest BCUT2D eigenvalue weighted by Gasteiger charge is 2.58. The normalized spacial score (nSPS) is 43.7. The highest BCUT2D eigenvalue weighted by Crippen LogP contribution is 2.62. The van der Waals surface area contributed by atoms with Gasteiger partial charge in [-0.25, -0.2) is 0 Å². The lowest BCUT2D eigenvalue weighted by Crippen LogP contribution is -2.63. The number of benzene rings is 1. The predicted octanol–water partition coefficient (Wildman–Crippen LogP) is 5.59. The molecule has 0 aromatic heterocycles. The van der Waals surface area contributed by atoms with Crippen molar-refractivity contribution in [2.45, 2.75) is 91.0 Å². The number of phenolic OH excluding ortho intramolecular Hbond substituents is 1. The van der Waals surface area contributed by atoms with Crippen molar-refractivity contribution in [1.29, 1.82) is 0 Å². The van der Waals surface area contributed by atoms with Crippen molar-refractivity contribution >= 4 is 5.91 Å². The SMILES string of the molecule is C[C@@H]1[C@H]2C[C@@H](C[C@H]1NC(=O)[C@]1(C)CCC[C@]3(C)c4cc(O)ccc4CC[C@@H]13)C2(C)C. The summed E-state index contributed by atoms with van der Waals surface area (Å²) in [5.41, 5.74) is 2.74. The highest BCUT2D eigenvalue weighted by molar-refractivity contribution is 5.83. The van der Waals surface area contributed by atoms with Gasteiger partial charge in [0.15, 0.2) is 0 Å². The molecule has 0 spiro atoms. The lowest BCUT2D eigenvalue weighted by atomic mass is 9.44. The Balaban J connectivity index is 1.40. The van der Waals surface area contributed by atoms with E-state index in [0.29, 0.717) is 29.0 Å². The van der Waals surface area contributed by atoms with Crippen molar-refractivity contribution in [3.63, 3.8) is 0 Å². The summed E-state index contributed by atoms with van der Waals surface area (Å²) in [5.74, 6) is 3.05. The molecular weight excluding hydrogens is 370 g/mol. The second-order valence-electron chi connectivity index (χ2n) is 12.2. The van der Waals surface area contributed by atoms with E-state index in [4.69, 9.17) is 0 Å². The van der Waals surface area contributed by atoms with Crippen LogP contribution in [0.1, 0.15) is 84.3 Å². The van der Waals surface area contributed by atoms with E-state index in [9.17, 15) is 9.90 Å². The van der Waals surface area contributed by atoms with Gasteiger partial charge in [-0.05, 0) is 96.3 Å². The van der Waals surface area contributed by atoms with Crippen molar-refractivity contribution in [2.24, 2.45) is 34.5 Å². The molecule has 4 fully saturated rings. The molecule has 5 aliphatic carbocycles. The number of amides is 1. The van der Waals surface area contributed by atoms with Crippen molar-refractivity contribution in [3.8, 4) is 5.75 Å². The Kier molecular flexibility index (Phi) is 4.42. The topological polar surface area (TPSA) is 49.3 Å². The second kappa shape index (κ2) is 6.50. The molecule has 0 aliphatic heterocycles. The van der Waals surface area contributed by atoms with Crippen LogP contribution in [0.25, 0.3) is 0 Å². The van der Waals surface area contributed by atoms with Crippen LogP contribution >= 0.6 is 0 Å². The average molecular weight is 410 g/mol. The summed E-state index contributed by atoms with van der Waals surface area (Å²) in [6.45, 7) is 11.8. The molecule has 1 aromatic carbocycles. The number of hydrogen-bond acceptors (Lipinski definition) is 2. The van der Waals surface area contributed by atoms with Crippen molar-refractivity contribution in [2.75, 3.05) is 0 Å². The van der Waals surface area contributed by atoms with Crippen molar-refractivity contribution < 1.29 is 9.90 Å². The quantitative estimate of drug-likeness (QED) is 0.669. The third-order valence-electron chi connectivity index (χ3n) is 10.5. The van der Waals surface area contributed by atoms with Gasteiger partial charge >= 0.3 is 0 Å². The summed E-state index contributed by atoms with van der Waals surface area (Å²) in [4.78, 5) is 13.8. The third-order valence-corrected chi connectivity index (χ3v) is 10.5. The first kappa shape index (κ1) is 20.4. The number of fused-ring (bicyclic) bond motifs is 5. The van der Waals surface area contributed by atoms with Gasteiger partial charge in [0.2, 0.25) is 5.91 Å². The number of rotatable bonds is 2. The summed E-state index contributed by atoms with van der Waals surface area (Å²) in [5, 5.41) is 13.7. The molecule has 5 aliphatic rings. The number of carbonyl (C=O) groups excluding carboxylic acids is 1. The van der Waals surface area contributed by atoms with Crippen molar-refractivity contribution in [1.82, 2.24) is 5.32 Å². The number of aromatic hydroxyl groups is 1. The maximum absolute atomic E-state index is 13.8. The van der Waals surface area contributed by atoms with E-state index in [-0.39, 0.29) is 16.7 Å². The number of nitrogens with one attached hydrogen (secondary N) is 1. The molecule has 2 bridgehead atoms. The average Bonchev–Trinajstić information content (AvgIpc) is 2.69. The molecule has 3 heteroatoms. The number of phenols is 1. The minimum Gasteiger partial charge on any atom is -0.508 e. The predicted molar refractivity (Wildman–Crippen MR) is 120 cm³/mol. The van der Waals surface area contributed by atoms with Gasteiger partial charge in [0.1, 0.15) is 5.75 Å². The Morgan fingerprint density at radius 2 is 1.90 bits per heavy atom. The molecule has 3 nitrogen and oxygen atoms in total. The maximum atomic E-state index is 13.8. The van der Waals surface area contributed by atoms with Crippen LogP contribution in [0.3, 0.4) is 0 Å². The zero-order valence-corrected chi connectivity index (χ0v) is 19.4. The summed E-state index contributed by atoms with van der Waals surface area (Å²) in [6.07, 6.45) is 7.73. The molecule has 4 saturated carbocycles. The Hall–Kier alpha value is -1.51. The van der Waals surface area contributed by atoms with Gasteiger partial charge in [0, 0.05) is 6.04 Å². The Morgan fingerprint density at radius 3 is 2.60 bits per heavy atom. The molecule has 1 aromatic rings. The Bertz CT molecular complexity index is 876. The van der Waals surface area contributed by atoms with Crippen LogP contribution in [0, 0.1) is 34.5 Å². The number of carbonyl (C=O) groups is 1. The second-order valence-corrected chi connectivity index (χ2v) is 12.2. The Morgan fingerprint density at radius 1 is 1.13 bits per heavy atom. The first-order valence-corrected chi connectivity index (χ1v) is 12.2. The Labute approximate surface area is 182 Å². The summed E-state index contributed by atoms with van der Waals surface area (Å²) >= 11 is 0. The van der Waals surface area contributed by atoms with Gasteiger partial charge in [0.25, 0.3) is 0 Å². The van der Waals surface area contributed by atoms with Crippen LogP contribution in [0.4, 0.5) is 0 Å². The van der Waals surface area contributed by atoms with E-state index in [0.717, 1.165) is 50.4 Å². The first-order valence-electron chi connectivity index (χ1n) is 12.2. The van der Waals surface area contributed by atoms with Crippen LogP contribution < -0.4 is 5.32 Å². The van der Waals surface area contributed by atoms with E-state index in [1.165, 1.54) is 17.5 Å². The minimum absolute atomic E-state index is 0.0288. The van der Waals surface area contributed by atoms with Gasteiger partial charge < -0.3 is 10.4 Å². The molecule has 30 heavy (non-hydrogen) atoms. The lowest BCUT2D eigenvalue weighted by molar-refractivity contribution is -0.148. The first-order chi connectivity index (χ1) is 14.1. The van der Waals surface area contributed by atoms with E-state index in [1.807, 2.05) is 12.1 Å². The zero-order valence-electron chi connectivity index (χ0n) is 19.4. The number of hydrogen-bond donors (Lipinski definition) is 2. The zero-order chi connectivity index (χ0) is 21.5. The molecule has 0 unspecified atom stereocenters. The summed E-state index contributed by atoms with van der Waals surface area (Å²) in [6, 6.07) is 6.22. The fourth-order valence-electron chi connectivity index (χ4n) is 8.39. The molecule has 7 atom stereocenters. The molecule has 2 N–H and O–H groups in total. The smallest absolute Gasteiger partial charge is 0.226 e. The van der Waals surface area contributed by atoms with Gasteiger partial charge in [-0.1, -0.05) is 47.1 Å². The fourth-order valence-corrected chi connectivity index (χ4v) is 8.39. The van der Waals surface area contributed by atoms with E-state index in [2.05, 4.69) is 46.0 Å². The molecule has 0 saturated heterocycles. The summed E-state index contributed by atoms with van der Waals surface area (Å²) in [7, 11) is 0. The van der Waals surface area contributed by atoms with Gasteiger partial charge in [-0.15, -0.1) is 0 Å². The van der Waals surface area contributed by atoms with Crippen LogP contribution in [0.15, 0.2) is 18.2 Å². The van der Waals surface area contributed by atoms with Crippen LogP contribution in [-0.2, 0) is 16.6 Å². The van der Waals surface area contributed by atoms with Gasteiger partial charge in [-0.2, -0.15) is 0 Å². The monoisotopic (exact) mass is 409 g/mol. The standard InChI is InChI=1S/C27H39NO2/c1-16-20-13-18(25(20,2)3)14-22(16)28-24(30)27(5)12-6-11-26(4)21-15-19(29)9-7-17(21)8-10-23(26)27/h7,9,15-16,18,20,22-23,29H,6,8,10-14H2,1-5H3,(H,28,30)/t16-,18+,20-,22-,23-,26-,27-/m1/s1. The molecule has 0 heterocycles. The van der Waals surface area contributed by atoms with Crippen LogP contribution in [0.5, 0.6) is 5.75 Å². The van der Waals surface area contributed by atoms with E-state index >= 15 is 0 Å². The minimum atomic E-state index is -0.326. The highest BCUT2D eigenvalue weighted by atomic mass is 16.3. The van der Waals surface area contributed by atoms with Crippen molar-refractivity contribution in [3.05, 3.63) is 29.3 Å². The van der Waals surface area contributed by atoms with Gasteiger partial charge in [0.05, 0.1) is 5.41 Å². The lowest BCUT2D eigenvalue weighted by Gasteiger charge is -2.62. The van der Waals surface area contributed by atoms with E-state index < -0.39 is 0 Å². The molecule has 164 valence electrons. The fraction of sp³-hybridized carbons (Fsp3) is 0.741. The summed E-state index contributed by atoms with van der Waals surface area (Å²) < 4.78 is 0. The molecule has 6 rings (SSSR count). The van der Waals surface area contributed by atoms with Gasteiger partial charge in [-0.3, -0.25) is 4.79 Å². The maximum Gasteiger partial charge on any atom is 0.226 e.